The minimum atomic E-state index is -1.43. The SMILES string of the molecule is CCC(CC)(CO)COCC(CC)(COCc1cn(CCOCCOC)nn1)COCC(CC)(COC)COCc1cn(CCCCCC(=O)NCC(=O)Nc2ccc3c(c2)C(=O)OC32c3ccc(O)cc3Oc3cc(O)ccc32)nn1.CCc1cn(CCCCCC(=O)O)nn1. The molecule has 6 N–H and O–H groups in total. The molecule has 0 saturated carbocycles. The Kier molecular flexibility index (Phi) is 30.1. The van der Waals surface area contributed by atoms with Gasteiger partial charge in [-0.25, -0.2) is 9.48 Å². The average Bonchev–Trinajstić information content (AvgIpc) is 1.61. The third-order valence-corrected chi connectivity index (χ3v) is 17.8. The van der Waals surface area contributed by atoms with Crippen molar-refractivity contribution in [1.29, 1.82) is 0 Å². The quantitative estimate of drug-likeness (QED) is 0.0154. The fourth-order valence-electron chi connectivity index (χ4n) is 11.4. The minimum absolute atomic E-state index is 0.0439. The van der Waals surface area contributed by atoms with Crippen LogP contribution >= 0.6 is 0 Å². The number of ether oxygens (including phenoxy) is 9. The van der Waals surface area contributed by atoms with E-state index in [0.717, 1.165) is 70.0 Å². The van der Waals surface area contributed by atoms with Crippen molar-refractivity contribution in [1.82, 2.24) is 50.3 Å². The first-order valence-corrected chi connectivity index (χ1v) is 33.6. The predicted octanol–water partition coefficient (Wildman–Crippen LogP) is 8.32. The maximum Gasteiger partial charge on any atom is 0.340 e. The number of hydrogen-bond acceptors (Lipinski definition) is 22. The first kappa shape index (κ1) is 76.4. The fourth-order valence-corrected chi connectivity index (χ4v) is 11.4. The van der Waals surface area contributed by atoms with Crippen LogP contribution in [0.5, 0.6) is 23.0 Å². The summed E-state index contributed by atoms with van der Waals surface area (Å²) in [5, 5.41) is 69.6. The largest absolute Gasteiger partial charge is 0.508 e. The number of methoxy groups -OCH3 is 2. The van der Waals surface area contributed by atoms with Crippen molar-refractivity contribution >= 4 is 29.4 Å². The zero-order valence-electron chi connectivity index (χ0n) is 57.3. The third-order valence-electron chi connectivity index (χ3n) is 17.8. The highest BCUT2D eigenvalue weighted by molar-refractivity contribution is 6.00. The van der Waals surface area contributed by atoms with Crippen LogP contribution in [-0.2, 0) is 97.1 Å². The Morgan fingerprint density at radius 1 is 0.557 bits per heavy atom. The molecule has 2 unspecified atom stereocenters. The molecule has 97 heavy (non-hydrogen) atoms. The van der Waals surface area contributed by atoms with Crippen LogP contribution in [0.2, 0.25) is 0 Å². The van der Waals surface area contributed by atoms with Crippen LogP contribution in [0.15, 0.2) is 73.2 Å². The second kappa shape index (κ2) is 38.3. The van der Waals surface area contributed by atoms with Gasteiger partial charge in [0.15, 0.2) is 5.60 Å². The van der Waals surface area contributed by atoms with Gasteiger partial charge in [-0.05, 0) is 94.2 Å². The molecule has 2 amide bonds. The lowest BCUT2D eigenvalue weighted by Gasteiger charge is -2.37. The van der Waals surface area contributed by atoms with Crippen LogP contribution in [0.25, 0.3) is 0 Å². The molecule has 28 nitrogen and oxygen atoms in total. The second-order valence-corrected chi connectivity index (χ2v) is 25.0. The molecule has 0 bridgehead atoms. The van der Waals surface area contributed by atoms with Crippen molar-refractivity contribution < 1.29 is 82.2 Å². The van der Waals surface area contributed by atoms with Gasteiger partial charge < -0.3 is 73.7 Å². The number of phenols is 2. The number of aromatic nitrogens is 9. The van der Waals surface area contributed by atoms with Crippen LogP contribution in [0.3, 0.4) is 0 Å². The van der Waals surface area contributed by atoms with Crippen LogP contribution in [-0.4, -0.2) is 183 Å². The highest BCUT2D eigenvalue weighted by Crippen LogP contribution is 2.57. The number of aliphatic carboxylic acids is 1. The number of carboxylic acids is 1. The molecule has 0 saturated heterocycles. The maximum atomic E-state index is 13.5. The number of aromatic hydroxyl groups is 2. The van der Waals surface area contributed by atoms with Crippen LogP contribution in [0.4, 0.5) is 5.69 Å². The van der Waals surface area contributed by atoms with Gasteiger partial charge >= 0.3 is 11.9 Å². The van der Waals surface area contributed by atoms with Gasteiger partial charge in [0, 0.05) is 97.1 Å². The van der Waals surface area contributed by atoms with E-state index < -0.39 is 34.3 Å². The highest BCUT2D eigenvalue weighted by atomic mass is 16.6. The van der Waals surface area contributed by atoms with Crippen molar-refractivity contribution in [2.45, 2.75) is 157 Å². The van der Waals surface area contributed by atoms with E-state index in [0.29, 0.717) is 126 Å². The summed E-state index contributed by atoms with van der Waals surface area (Å²) < 4.78 is 59.4. The molecule has 3 aromatic heterocycles. The van der Waals surface area contributed by atoms with E-state index >= 15 is 0 Å². The van der Waals surface area contributed by atoms with E-state index in [-0.39, 0.29) is 79.1 Å². The van der Waals surface area contributed by atoms with Gasteiger partial charge in [0.25, 0.3) is 0 Å². The summed E-state index contributed by atoms with van der Waals surface area (Å²) in [4.78, 5) is 49.4. The molecule has 2 aliphatic rings. The third kappa shape index (κ3) is 22.0. The van der Waals surface area contributed by atoms with Gasteiger partial charge in [0.1, 0.15) is 34.4 Å². The number of carbonyl (C=O) groups excluding carboxylic acids is 3. The highest BCUT2D eigenvalue weighted by Gasteiger charge is 2.54. The molecule has 5 heterocycles. The molecule has 2 aliphatic heterocycles. The Morgan fingerprint density at radius 3 is 1.60 bits per heavy atom. The Bertz CT molecular complexity index is 3370. The first-order chi connectivity index (χ1) is 46.9. The Labute approximate surface area is 566 Å². The standard InChI is InChI=1S/C59H82N8O15.C10H17N3O2/c1-7-56(8-2,34-68)36-79-40-58(10-4,38-78-33-44-31-67(65-63-44)22-23-76-25-24-74-5)41-80-39-57(9-3,35-75-6)37-77-32-43-30-66(64-62-43)21-13-11-12-14-53(71)60-29-54(72)61-42-15-18-48-47(26-42)55(73)82-59(48)49-19-16-45(69)27-51(49)81-52-28-46(70)17-20-50(52)59;1-2-9-8-13(12-11-9)7-5-3-4-6-10(14)15/h15-20,26-28,30-31,68-70H,7-14,21-25,29,32-41H2,1-6H3,(H,60,71)(H,61,72);8H,2-7H2,1H3,(H,14,15). The lowest BCUT2D eigenvalue weighted by atomic mass is 9.77. The first-order valence-electron chi connectivity index (χ1n) is 33.6. The molecular formula is C69H99N11O17. The number of amides is 2. The van der Waals surface area contributed by atoms with Gasteiger partial charge in [-0.2, -0.15) is 0 Å². The number of rotatable bonds is 45. The summed E-state index contributed by atoms with van der Waals surface area (Å²) in [6.45, 7) is 16.8. The van der Waals surface area contributed by atoms with Crippen LogP contribution < -0.4 is 15.4 Å². The number of phenolic OH excluding ortho intramolecular Hbond substituents is 2. The molecule has 0 radical (unpaired) electrons. The number of fused-ring (bicyclic) bond motifs is 6. The van der Waals surface area contributed by atoms with Gasteiger partial charge in [-0.15, -0.1) is 15.3 Å². The number of nitrogens with one attached hydrogen (secondary N) is 2. The number of aliphatic hydroxyl groups excluding tert-OH is 1. The van der Waals surface area contributed by atoms with Crippen LogP contribution in [0, 0.1) is 16.2 Å². The van der Waals surface area contributed by atoms with E-state index in [1.165, 1.54) is 30.3 Å². The number of carboxylic acid groups (broad SMARTS) is 1. The Balaban J connectivity index is 0.000000779. The van der Waals surface area contributed by atoms with E-state index in [9.17, 15) is 34.5 Å². The summed E-state index contributed by atoms with van der Waals surface area (Å²) in [6.07, 6.45) is 14.8. The van der Waals surface area contributed by atoms with Gasteiger partial charge in [-0.3, -0.25) is 23.7 Å². The average molecular weight is 1350 g/mol. The molecule has 0 aliphatic carbocycles. The molecule has 3 aromatic carbocycles. The van der Waals surface area contributed by atoms with Crippen LogP contribution in [0.1, 0.15) is 156 Å². The normalized spacial score (nSPS) is 14.1. The molecule has 6 aromatic rings. The van der Waals surface area contributed by atoms with Crippen molar-refractivity contribution in [3.8, 4) is 23.0 Å². The molecule has 1 spiro atoms. The number of anilines is 1. The van der Waals surface area contributed by atoms with Crippen molar-refractivity contribution in [2.75, 3.05) is 98.8 Å². The summed E-state index contributed by atoms with van der Waals surface area (Å²) in [5.74, 6) is -1.69. The summed E-state index contributed by atoms with van der Waals surface area (Å²) >= 11 is 0. The fraction of sp³-hybridized carbons (Fsp3) is 0.594. The van der Waals surface area contributed by atoms with Crippen molar-refractivity contribution in [3.63, 3.8) is 0 Å². The minimum Gasteiger partial charge on any atom is -0.508 e. The number of benzene rings is 3. The zero-order chi connectivity index (χ0) is 69.7. The molecule has 532 valence electrons. The number of nitrogens with zero attached hydrogens (tertiary/aromatic N) is 9. The van der Waals surface area contributed by atoms with E-state index in [1.807, 2.05) is 30.2 Å². The Morgan fingerprint density at radius 2 is 1.07 bits per heavy atom. The number of aliphatic hydroxyl groups is 1. The predicted molar refractivity (Wildman–Crippen MR) is 355 cm³/mol. The topological polar surface area (TPSA) is 348 Å². The summed E-state index contributed by atoms with van der Waals surface area (Å²) in [7, 11) is 3.31. The summed E-state index contributed by atoms with van der Waals surface area (Å²) in [6, 6.07) is 13.9. The summed E-state index contributed by atoms with van der Waals surface area (Å²) in [5.41, 5.74) is 1.69. The van der Waals surface area contributed by atoms with E-state index in [4.69, 9.17) is 47.7 Å². The monoisotopic (exact) mass is 1350 g/mol. The number of aryl methyl sites for hydroxylation is 3. The van der Waals surface area contributed by atoms with E-state index in [1.54, 1.807) is 47.8 Å². The maximum absolute atomic E-state index is 13.5. The number of unbranched alkanes of at least 4 members (excludes halogenated alkanes) is 4. The molecular weight excluding hydrogens is 1250 g/mol. The van der Waals surface area contributed by atoms with Gasteiger partial charge in [-0.1, -0.05) is 69.2 Å². The number of hydrogen-bond donors (Lipinski definition) is 6. The smallest absolute Gasteiger partial charge is 0.340 e. The lowest BCUT2D eigenvalue weighted by molar-refractivity contribution is -0.137. The lowest BCUT2D eigenvalue weighted by Crippen LogP contribution is -2.42. The molecule has 2 atom stereocenters. The molecule has 28 heteroatoms. The second-order valence-electron chi connectivity index (χ2n) is 25.0. The number of carbonyl (C=O) groups is 4. The molecule has 0 fully saturated rings. The van der Waals surface area contributed by atoms with Gasteiger partial charge in [0.05, 0.1) is 123 Å². The Hall–Kier alpha value is -7.96. The number of esters is 1. The van der Waals surface area contributed by atoms with Crippen molar-refractivity contribution in [2.24, 2.45) is 16.2 Å². The van der Waals surface area contributed by atoms with Gasteiger partial charge in [0.2, 0.25) is 11.8 Å². The molecule has 8 rings (SSSR count). The van der Waals surface area contributed by atoms with Crippen molar-refractivity contribution in [3.05, 3.63) is 113 Å². The van der Waals surface area contributed by atoms with E-state index in [2.05, 4.69) is 69.3 Å². The zero-order valence-corrected chi connectivity index (χ0v) is 57.3.